The zero-order chi connectivity index (χ0) is 22.7. The Hall–Kier alpha value is -4.41. The molecule has 162 valence electrons. The van der Waals surface area contributed by atoms with Gasteiger partial charge in [-0.15, -0.1) is 0 Å². The zero-order valence-corrected chi connectivity index (χ0v) is 16.6. The number of carbonyl (C=O) groups excluding carboxylic acids is 3. The maximum Gasteiger partial charge on any atom is 0.338 e. The Bertz CT molecular complexity index is 1170. The molecular weight excluding hydrogens is 419 g/mol. The summed E-state index contributed by atoms with van der Waals surface area (Å²) in [5.74, 6) is -1.45. The van der Waals surface area contributed by atoms with E-state index in [1.165, 1.54) is 48.5 Å². The molecule has 1 saturated heterocycles. The lowest BCUT2D eigenvalue weighted by molar-refractivity contribution is -0.121. The number of nitrogens with two attached hydrogens (primary N) is 1. The van der Waals surface area contributed by atoms with Crippen LogP contribution in [0.4, 0.5) is 27.7 Å². The van der Waals surface area contributed by atoms with E-state index in [-0.39, 0.29) is 60.4 Å². The molecule has 3 aromatic rings. The van der Waals surface area contributed by atoms with Crippen LogP contribution in [0.3, 0.4) is 0 Å². The molecule has 0 aliphatic carbocycles. The Kier molecular flexibility index (Phi) is 5.71. The molecule has 0 radical (unpaired) electrons. The summed E-state index contributed by atoms with van der Waals surface area (Å²) in [6.45, 7) is -0.269. The van der Waals surface area contributed by atoms with Gasteiger partial charge in [-0.3, -0.25) is 14.5 Å². The second-order valence-corrected chi connectivity index (χ2v) is 6.81. The van der Waals surface area contributed by atoms with Crippen molar-refractivity contribution in [2.75, 3.05) is 16.0 Å². The Balaban J connectivity index is 1.40. The van der Waals surface area contributed by atoms with Crippen molar-refractivity contribution in [3.63, 3.8) is 0 Å². The number of carbonyl (C=O) groups is 3. The van der Waals surface area contributed by atoms with Crippen LogP contribution in [0, 0.1) is 5.82 Å². The van der Waals surface area contributed by atoms with Gasteiger partial charge in [-0.1, -0.05) is 0 Å². The molecule has 1 aromatic heterocycles. The quantitative estimate of drug-likeness (QED) is 0.440. The minimum absolute atomic E-state index is 0.0834. The monoisotopic (exact) mass is 436 g/mol. The molecule has 32 heavy (non-hydrogen) atoms. The Morgan fingerprint density at radius 1 is 1.00 bits per heavy atom. The summed E-state index contributed by atoms with van der Waals surface area (Å²) in [5.41, 5.74) is 6.85. The first-order valence-corrected chi connectivity index (χ1v) is 9.55. The van der Waals surface area contributed by atoms with Gasteiger partial charge in [0.05, 0.1) is 11.3 Å². The van der Waals surface area contributed by atoms with E-state index in [1.54, 1.807) is 0 Å². The lowest BCUT2D eigenvalue weighted by Crippen LogP contribution is -2.28. The van der Waals surface area contributed by atoms with E-state index in [9.17, 15) is 18.8 Å². The number of benzene rings is 2. The first-order valence-electron chi connectivity index (χ1n) is 9.55. The number of hydrogen-bond acceptors (Lipinski definition) is 9. The van der Waals surface area contributed by atoms with Crippen LogP contribution in [0.25, 0.3) is 0 Å². The van der Waals surface area contributed by atoms with Gasteiger partial charge in [-0.05, 0) is 48.5 Å². The van der Waals surface area contributed by atoms with Gasteiger partial charge in [0.25, 0.3) is 0 Å². The van der Waals surface area contributed by atoms with Gasteiger partial charge in [0.15, 0.2) is 12.4 Å². The number of esters is 1. The standard InChI is InChI=1S/C21H17FN6O4/c22-13-3-5-14(6-4-13)24-21-26-16(25-20(23)27-21)11-32-19(31)12-1-7-15(8-2-12)28-17(29)9-10-18(28)30/h1-8H,9-11H2,(H3,23,24,25,26,27). The molecule has 0 unspecified atom stereocenters. The number of anilines is 4. The van der Waals surface area contributed by atoms with E-state index in [2.05, 4.69) is 20.3 Å². The molecule has 2 heterocycles. The average molecular weight is 436 g/mol. The molecule has 1 aliphatic heterocycles. The summed E-state index contributed by atoms with van der Waals surface area (Å²) in [6, 6.07) is 11.5. The maximum absolute atomic E-state index is 13.0. The van der Waals surface area contributed by atoms with Crippen molar-refractivity contribution in [2.45, 2.75) is 19.4 Å². The van der Waals surface area contributed by atoms with Crippen LogP contribution >= 0.6 is 0 Å². The van der Waals surface area contributed by atoms with Crippen molar-refractivity contribution < 1.29 is 23.5 Å². The number of nitrogens with zero attached hydrogens (tertiary/aromatic N) is 4. The van der Waals surface area contributed by atoms with Gasteiger partial charge < -0.3 is 15.8 Å². The summed E-state index contributed by atoms with van der Waals surface area (Å²) in [6.07, 6.45) is 0.353. The van der Waals surface area contributed by atoms with E-state index in [4.69, 9.17) is 10.5 Å². The normalized spacial score (nSPS) is 13.3. The van der Waals surface area contributed by atoms with Crippen LogP contribution in [0.15, 0.2) is 48.5 Å². The molecule has 0 atom stereocenters. The predicted molar refractivity (Wildman–Crippen MR) is 111 cm³/mol. The van der Waals surface area contributed by atoms with Crippen molar-refractivity contribution in [1.29, 1.82) is 0 Å². The van der Waals surface area contributed by atoms with Crippen molar-refractivity contribution in [3.8, 4) is 0 Å². The molecule has 0 spiro atoms. The number of nitrogen functional groups attached to an aromatic ring is 1. The highest BCUT2D eigenvalue weighted by atomic mass is 19.1. The molecular formula is C21H17FN6O4. The first kappa shape index (κ1) is 20.8. The minimum atomic E-state index is -0.650. The number of amides is 2. The van der Waals surface area contributed by atoms with E-state index in [0.29, 0.717) is 11.4 Å². The van der Waals surface area contributed by atoms with Gasteiger partial charge in [0.2, 0.25) is 23.7 Å². The van der Waals surface area contributed by atoms with Crippen LogP contribution in [-0.2, 0) is 20.9 Å². The van der Waals surface area contributed by atoms with Crippen LogP contribution in [0.5, 0.6) is 0 Å². The van der Waals surface area contributed by atoms with Crippen LogP contribution in [0.2, 0.25) is 0 Å². The molecule has 0 bridgehead atoms. The number of rotatable bonds is 6. The van der Waals surface area contributed by atoms with E-state index in [0.717, 1.165) is 4.90 Å². The fourth-order valence-corrected chi connectivity index (χ4v) is 3.05. The Labute approximate surface area is 181 Å². The molecule has 1 aliphatic rings. The first-order chi connectivity index (χ1) is 15.4. The summed E-state index contributed by atoms with van der Waals surface area (Å²) in [7, 11) is 0. The second kappa shape index (κ2) is 8.76. The third kappa shape index (κ3) is 4.67. The Morgan fingerprint density at radius 3 is 2.31 bits per heavy atom. The Morgan fingerprint density at radius 2 is 1.66 bits per heavy atom. The molecule has 1 fully saturated rings. The summed E-state index contributed by atoms with van der Waals surface area (Å²) >= 11 is 0. The number of halogens is 1. The number of ether oxygens (including phenoxy) is 1. The molecule has 3 N–H and O–H groups in total. The van der Waals surface area contributed by atoms with Crippen LogP contribution in [-0.4, -0.2) is 32.7 Å². The smallest absolute Gasteiger partial charge is 0.338 e. The van der Waals surface area contributed by atoms with Crippen molar-refractivity contribution >= 4 is 41.1 Å². The molecule has 2 aromatic carbocycles. The van der Waals surface area contributed by atoms with Gasteiger partial charge in [-0.25, -0.2) is 9.18 Å². The number of nitrogens with one attached hydrogen (secondary N) is 1. The lowest BCUT2D eigenvalue weighted by Gasteiger charge is -2.14. The van der Waals surface area contributed by atoms with Crippen molar-refractivity contribution in [3.05, 3.63) is 65.7 Å². The van der Waals surface area contributed by atoms with Crippen LogP contribution < -0.4 is 16.0 Å². The van der Waals surface area contributed by atoms with E-state index < -0.39 is 5.97 Å². The maximum atomic E-state index is 13.0. The largest absolute Gasteiger partial charge is 0.454 e. The number of imide groups is 1. The fraction of sp³-hybridized carbons (Fsp3) is 0.143. The van der Waals surface area contributed by atoms with Crippen molar-refractivity contribution in [1.82, 2.24) is 15.0 Å². The average Bonchev–Trinajstić information content (AvgIpc) is 3.11. The third-order valence-corrected chi connectivity index (χ3v) is 4.54. The van der Waals surface area contributed by atoms with Gasteiger partial charge in [0, 0.05) is 18.5 Å². The molecule has 11 heteroatoms. The molecule has 4 rings (SSSR count). The van der Waals surface area contributed by atoms with Crippen LogP contribution in [0.1, 0.15) is 29.0 Å². The number of aromatic nitrogens is 3. The molecule has 0 saturated carbocycles. The summed E-state index contributed by atoms with van der Waals surface area (Å²) in [5, 5.41) is 2.86. The van der Waals surface area contributed by atoms with Gasteiger partial charge in [-0.2, -0.15) is 15.0 Å². The summed E-state index contributed by atoms with van der Waals surface area (Å²) in [4.78, 5) is 49.1. The highest BCUT2D eigenvalue weighted by Gasteiger charge is 2.30. The van der Waals surface area contributed by atoms with Gasteiger partial charge in [0.1, 0.15) is 5.82 Å². The van der Waals surface area contributed by atoms with E-state index >= 15 is 0 Å². The second-order valence-electron chi connectivity index (χ2n) is 6.81. The summed E-state index contributed by atoms with van der Waals surface area (Å²) < 4.78 is 18.3. The highest BCUT2D eigenvalue weighted by molar-refractivity contribution is 6.19. The van der Waals surface area contributed by atoms with Crippen molar-refractivity contribution in [2.24, 2.45) is 0 Å². The fourth-order valence-electron chi connectivity index (χ4n) is 3.05. The zero-order valence-electron chi connectivity index (χ0n) is 16.6. The number of hydrogen-bond donors (Lipinski definition) is 2. The SMILES string of the molecule is Nc1nc(COC(=O)c2ccc(N3C(=O)CCC3=O)cc2)nc(Nc2ccc(F)cc2)n1. The van der Waals surface area contributed by atoms with E-state index in [1.807, 2.05) is 0 Å². The minimum Gasteiger partial charge on any atom is -0.454 e. The molecule has 2 amide bonds. The topological polar surface area (TPSA) is 140 Å². The predicted octanol–water partition coefficient (Wildman–Crippen LogP) is 2.35. The highest BCUT2D eigenvalue weighted by Crippen LogP contribution is 2.23. The third-order valence-electron chi connectivity index (χ3n) is 4.54. The van der Waals surface area contributed by atoms with Gasteiger partial charge >= 0.3 is 5.97 Å². The lowest BCUT2D eigenvalue weighted by atomic mass is 10.2. The molecule has 10 nitrogen and oxygen atoms in total.